The van der Waals surface area contributed by atoms with Crippen LogP contribution in [0.4, 0.5) is 105 Å². The molecule has 302 valence electrons. The fourth-order valence-electron chi connectivity index (χ4n) is 2.63. The standard InChI is InChI=1S/C18H14F24O7S.Na/c19-7(20)11(27,28)15(35,36)17(39,40)13(31,32)9(23,24)4-48-46-2-1-6(50(43,44)45)3-47-49-5-10(25,26)14(33,34)18(41,42)16(37,38)12(29,30)8(21)22;/h6-8H,1-5H2,(H,43,44,45);/q;+1/p-1. The van der Waals surface area contributed by atoms with Crippen LogP contribution < -0.4 is 29.6 Å². The van der Waals surface area contributed by atoms with Gasteiger partial charge in [0.05, 0.1) is 28.6 Å². The van der Waals surface area contributed by atoms with Gasteiger partial charge in [0.2, 0.25) is 0 Å². The van der Waals surface area contributed by atoms with E-state index in [2.05, 4.69) is 19.6 Å². The van der Waals surface area contributed by atoms with Crippen molar-refractivity contribution in [3.05, 3.63) is 0 Å². The van der Waals surface area contributed by atoms with E-state index in [9.17, 15) is 118 Å². The van der Waals surface area contributed by atoms with Crippen LogP contribution >= 0.6 is 0 Å². The second-order valence-electron chi connectivity index (χ2n) is 9.24. The van der Waals surface area contributed by atoms with Crippen LogP contribution in [0.2, 0.25) is 0 Å². The molecule has 0 heterocycles. The van der Waals surface area contributed by atoms with Gasteiger partial charge in [0.15, 0.2) is 13.2 Å². The van der Waals surface area contributed by atoms with E-state index in [0.717, 1.165) is 0 Å². The molecular weight excluding hydrogens is 839 g/mol. The first-order valence-electron chi connectivity index (χ1n) is 11.5. The topological polar surface area (TPSA) is 94.1 Å². The Kier molecular flexibility index (Phi) is 16.8. The monoisotopic (exact) mass is 852 g/mol. The molecule has 0 aromatic rings. The summed E-state index contributed by atoms with van der Waals surface area (Å²) in [5.74, 6) is -75.4. The predicted molar refractivity (Wildman–Crippen MR) is 103 cm³/mol. The summed E-state index contributed by atoms with van der Waals surface area (Å²) in [6.45, 7) is -10.7. The van der Waals surface area contributed by atoms with Gasteiger partial charge in [0, 0.05) is 0 Å². The maximum absolute atomic E-state index is 13.6. The molecule has 0 radical (unpaired) electrons. The van der Waals surface area contributed by atoms with Crippen LogP contribution in [0.3, 0.4) is 0 Å². The van der Waals surface area contributed by atoms with Gasteiger partial charge < -0.3 is 4.55 Å². The van der Waals surface area contributed by atoms with E-state index < -0.39 is 120 Å². The summed E-state index contributed by atoms with van der Waals surface area (Å²) in [4.78, 5) is 13.3. The zero-order valence-corrected chi connectivity index (χ0v) is 26.4. The number of rotatable bonds is 22. The Morgan fingerprint density at radius 2 is 0.765 bits per heavy atom. The minimum atomic E-state index is -8.01. The normalized spacial score (nSPS) is 16.1. The Morgan fingerprint density at radius 1 is 0.471 bits per heavy atom. The molecule has 0 saturated heterocycles. The zero-order valence-electron chi connectivity index (χ0n) is 23.6. The smallest absolute Gasteiger partial charge is 0.748 e. The zero-order chi connectivity index (χ0) is 40.6. The summed E-state index contributed by atoms with van der Waals surface area (Å²) >= 11 is 0. The third-order valence-corrected chi connectivity index (χ3v) is 6.90. The summed E-state index contributed by atoms with van der Waals surface area (Å²) in [5, 5.41) is -2.92. The molecule has 1 unspecified atom stereocenters. The number of hydrogen-bond acceptors (Lipinski definition) is 7. The first kappa shape index (κ1) is 52.2. The van der Waals surface area contributed by atoms with E-state index in [1.165, 1.54) is 0 Å². The number of alkyl halides is 24. The van der Waals surface area contributed by atoms with E-state index in [1.807, 2.05) is 0 Å². The average molecular weight is 852 g/mol. The van der Waals surface area contributed by atoms with Crippen LogP contribution in [0, 0.1) is 0 Å². The van der Waals surface area contributed by atoms with Crippen LogP contribution in [0.25, 0.3) is 0 Å². The number of hydrogen-bond donors (Lipinski definition) is 0. The molecule has 33 heteroatoms. The summed E-state index contributed by atoms with van der Waals surface area (Å²) in [6, 6.07) is 0. The molecule has 0 N–H and O–H groups in total. The van der Waals surface area contributed by atoms with Crippen molar-refractivity contribution in [3.8, 4) is 0 Å². The van der Waals surface area contributed by atoms with E-state index in [0.29, 0.717) is 0 Å². The molecule has 0 aromatic heterocycles. The molecule has 51 heavy (non-hydrogen) atoms. The Morgan fingerprint density at radius 3 is 1.04 bits per heavy atom. The molecule has 0 rings (SSSR count). The minimum absolute atomic E-state index is 0. The van der Waals surface area contributed by atoms with Gasteiger partial charge in [-0.25, -0.2) is 45.5 Å². The largest absolute Gasteiger partial charge is 1.00 e. The van der Waals surface area contributed by atoms with Crippen molar-refractivity contribution in [1.82, 2.24) is 0 Å². The Hall–Kier alpha value is -0.930. The van der Waals surface area contributed by atoms with Crippen LogP contribution in [0.1, 0.15) is 6.42 Å². The first-order valence-corrected chi connectivity index (χ1v) is 12.9. The van der Waals surface area contributed by atoms with Crippen LogP contribution in [0.5, 0.6) is 0 Å². The molecule has 0 fully saturated rings. The summed E-state index contributed by atoms with van der Waals surface area (Å²) in [6.07, 6.45) is -13.3. The molecule has 0 aliphatic rings. The Bertz CT molecular complexity index is 1230. The third-order valence-electron chi connectivity index (χ3n) is 5.71. The van der Waals surface area contributed by atoms with Gasteiger partial charge in [-0.15, -0.1) is 0 Å². The molecule has 0 aromatic carbocycles. The SMILES string of the molecule is O=S(=O)([O-])C(CCOOCC(F)(F)C(F)(F)C(F)(F)C(F)(F)C(F)(F)C(F)F)COOCC(F)(F)C(F)(F)C(F)(F)C(F)(F)C(F)(F)C(F)F.[Na+]. The molecule has 1 atom stereocenters. The van der Waals surface area contributed by atoms with E-state index in [4.69, 9.17) is 0 Å². The fourth-order valence-corrected chi connectivity index (χ4v) is 3.24. The van der Waals surface area contributed by atoms with Gasteiger partial charge in [-0.05, 0) is 6.42 Å². The summed E-state index contributed by atoms with van der Waals surface area (Å²) < 4.78 is 347. The van der Waals surface area contributed by atoms with Crippen LogP contribution in [0.15, 0.2) is 0 Å². The van der Waals surface area contributed by atoms with Crippen molar-refractivity contribution >= 4 is 10.1 Å². The molecule has 0 aliphatic carbocycles. The maximum Gasteiger partial charge on any atom is 1.00 e. The second-order valence-corrected chi connectivity index (χ2v) is 10.9. The van der Waals surface area contributed by atoms with Gasteiger partial charge >= 0.3 is 102 Å². The fraction of sp³-hybridized carbons (Fsp3) is 1.00. The molecule has 0 bridgehead atoms. The van der Waals surface area contributed by atoms with E-state index in [-0.39, 0.29) is 29.6 Å². The van der Waals surface area contributed by atoms with E-state index >= 15 is 0 Å². The van der Waals surface area contributed by atoms with Crippen LogP contribution in [-0.4, -0.2) is 117 Å². The van der Waals surface area contributed by atoms with Crippen molar-refractivity contribution in [1.29, 1.82) is 0 Å². The quantitative estimate of drug-likeness (QED) is 0.0405. The number of halogens is 24. The van der Waals surface area contributed by atoms with Crippen molar-refractivity contribution in [2.75, 3.05) is 26.4 Å². The van der Waals surface area contributed by atoms with Gasteiger partial charge in [-0.2, -0.15) is 87.8 Å². The average Bonchev–Trinajstić information content (AvgIpc) is 2.91. The maximum atomic E-state index is 13.6. The first-order chi connectivity index (χ1) is 21.7. The minimum Gasteiger partial charge on any atom is -0.748 e. The van der Waals surface area contributed by atoms with Crippen molar-refractivity contribution in [3.63, 3.8) is 0 Å². The molecule has 0 spiro atoms. The molecule has 0 amide bonds. The van der Waals surface area contributed by atoms with Gasteiger partial charge in [-0.1, -0.05) is 0 Å². The molecule has 7 nitrogen and oxygen atoms in total. The van der Waals surface area contributed by atoms with Gasteiger partial charge in [0.25, 0.3) is 0 Å². The second kappa shape index (κ2) is 16.4. The Balaban J connectivity index is 0. The third kappa shape index (κ3) is 9.66. The van der Waals surface area contributed by atoms with Crippen molar-refractivity contribution < 1.29 is 167 Å². The van der Waals surface area contributed by atoms with Crippen LogP contribution in [-0.2, 0) is 29.7 Å². The van der Waals surface area contributed by atoms with Crippen molar-refractivity contribution in [2.45, 2.75) is 83.7 Å². The molecular formula is C18H13F24NaO7S. The summed E-state index contributed by atoms with van der Waals surface area (Å²) in [7, 11) is -5.95. The van der Waals surface area contributed by atoms with E-state index in [1.54, 1.807) is 0 Å². The Labute approximate surface area is 287 Å². The molecule has 0 aliphatic heterocycles. The van der Waals surface area contributed by atoms with Gasteiger partial charge in [0.1, 0.15) is 0 Å². The summed E-state index contributed by atoms with van der Waals surface area (Å²) in [5.41, 5.74) is 0. The molecule has 0 saturated carbocycles. The van der Waals surface area contributed by atoms with Gasteiger partial charge in [-0.3, -0.25) is 0 Å². The van der Waals surface area contributed by atoms with Crippen molar-refractivity contribution in [2.24, 2.45) is 0 Å². The predicted octanol–water partition coefficient (Wildman–Crippen LogP) is 4.07.